The number of nitrogens with zero attached hydrogens (tertiary/aromatic N) is 3. The van der Waals surface area contributed by atoms with Crippen molar-refractivity contribution in [2.45, 2.75) is 12.6 Å². The fraction of sp³-hybridized carbons (Fsp3) is 0.233. The van der Waals surface area contributed by atoms with E-state index in [9.17, 15) is 22.4 Å². The maximum atomic E-state index is 14.4. The van der Waals surface area contributed by atoms with Crippen LogP contribution in [-0.4, -0.2) is 66.0 Å². The summed E-state index contributed by atoms with van der Waals surface area (Å²) in [5, 5.41) is 9.43. The number of H-pyrrole nitrogens is 1. The lowest BCUT2D eigenvalue weighted by Gasteiger charge is -2.19. The highest BCUT2D eigenvalue weighted by Gasteiger charge is 2.31. The summed E-state index contributed by atoms with van der Waals surface area (Å²) in [6.45, 7) is 1.24. The maximum absolute atomic E-state index is 14.4. The number of carbonyl (C=O) groups is 1. The molecular formula is C30H29F4N5O2. The first kappa shape index (κ1) is 29.5. The van der Waals surface area contributed by atoms with Crippen LogP contribution in [0.1, 0.15) is 23.1 Å². The summed E-state index contributed by atoms with van der Waals surface area (Å²) in [6.07, 6.45) is -1.07. The van der Waals surface area contributed by atoms with Gasteiger partial charge in [0, 0.05) is 51.1 Å². The fourth-order valence-corrected chi connectivity index (χ4v) is 4.16. The first-order valence-corrected chi connectivity index (χ1v) is 12.8. The smallest absolute Gasteiger partial charge is 0.393 e. The van der Waals surface area contributed by atoms with Crippen LogP contribution in [0.5, 0.6) is 5.88 Å². The second-order valence-electron chi connectivity index (χ2n) is 9.35. The number of alkyl halides is 3. The molecule has 0 fully saturated rings. The van der Waals surface area contributed by atoms with Crippen molar-refractivity contribution >= 4 is 28.0 Å². The van der Waals surface area contributed by atoms with Crippen LogP contribution in [0.3, 0.4) is 0 Å². The Hall–Kier alpha value is -4.51. The highest BCUT2D eigenvalue weighted by molar-refractivity contribution is 6.00. The molecule has 2 aromatic heterocycles. The van der Waals surface area contributed by atoms with E-state index in [0.29, 0.717) is 41.2 Å². The van der Waals surface area contributed by atoms with Gasteiger partial charge in [0.15, 0.2) is 0 Å². The molecule has 41 heavy (non-hydrogen) atoms. The maximum Gasteiger partial charge on any atom is 0.393 e. The van der Waals surface area contributed by atoms with E-state index >= 15 is 0 Å². The number of rotatable bonds is 11. The van der Waals surface area contributed by atoms with Crippen molar-refractivity contribution in [1.29, 1.82) is 0 Å². The van der Waals surface area contributed by atoms with Gasteiger partial charge < -0.3 is 15.0 Å². The largest absolute Gasteiger partial charge is 0.476 e. The Kier molecular flexibility index (Phi) is 9.51. The summed E-state index contributed by atoms with van der Waals surface area (Å²) >= 11 is 0. The van der Waals surface area contributed by atoms with Gasteiger partial charge in [0.05, 0.1) is 17.3 Å². The molecule has 0 spiro atoms. The number of aromatic amines is 1. The molecule has 0 atom stereocenters. The van der Waals surface area contributed by atoms with Gasteiger partial charge in [0.2, 0.25) is 17.7 Å². The van der Waals surface area contributed by atoms with Crippen molar-refractivity contribution < 1.29 is 27.1 Å². The number of aromatic nitrogens is 3. The number of benzene rings is 2. The Morgan fingerprint density at radius 1 is 1.05 bits per heavy atom. The van der Waals surface area contributed by atoms with Gasteiger partial charge in [0.25, 0.3) is 0 Å². The fourth-order valence-electron chi connectivity index (χ4n) is 4.16. The molecule has 214 valence electrons. The molecule has 2 N–H and O–H groups in total. The third kappa shape index (κ3) is 8.01. The molecule has 0 aliphatic heterocycles. The van der Waals surface area contributed by atoms with Crippen molar-refractivity contribution in [3.8, 4) is 5.88 Å². The lowest BCUT2D eigenvalue weighted by Crippen LogP contribution is -2.22. The molecule has 0 radical (unpaired) electrons. The number of allylic oxidation sites excluding steroid dienone is 1. The summed E-state index contributed by atoms with van der Waals surface area (Å²) in [5.41, 5.74) is 1.86. The Morgan fingerprint density at radius 2 is 1.80 bits per heavy atom. The number of nitrogens with one attached hydrogen (secondary N) is 2. The van der Waals surface area contributed by atoms with E-state index in [-0.39, 0.29) is 29.0 Å². The predicted octanol–water partition coefficient (Wildman–Crippen LogP) is 5.62. The average molecular weight is 568 g/mol. The van der Waals surface area contributed by atoms with E-state index in [1.54, 1.807) is 74.8 Å². The van der Waals surface area contributed by atoms with Gasteiger partial charge in [-0.05, 0) is 40.5 Å². The normalized spacial score (nSPS) is 12.5. The first-order valence-electron chi connectivity index (χ1n) is 12.8. The van der Waals surface area contributed by atoms with Crippen LogP contribution in [0.15, 0.2) is 79.0 Å². The van der Waals surface area contributed by atoms with Crippen LogP contribution in [0.4, 0.5) is 17.6 Å². The van der Waals surface area contributed by atoms with Gasteiger partial charge in [-0.15, -0.1) is 0 Å². The topological polar surface area (TPSA) is 83.1 Å². The molecule has 0 unspecified atom stereocenters. The van der Waals surface area contributed by atoms with Gasteiger partial charge in [-0.2, -0.15) is 22.7 Å². The third-order valence-electron chi connectivity index (χ3n) is 6.11. The zero-order chi connectivity index (χ0) is 29.4. The monoisotopic (exact) mass is 567 g/mol. The molecule has 2 aromatic carbocycles. The minimum atomic E-state index is -4.50. The van der Waals surface area contributed by atoms with Crippen molar-refractivity contribution in [3.63, 3.8) is 0 Å². The zero-order valence-corrected chi connectivity index (χ0v) is 22.5. The molecule has 4 aromatic rings. The summed E-state index contributed by atoms with van der Waals surface area (Å²) in [7, 11) is 3.34. The van der Waals surface area contributed by atoms with E-state index in [0.717, 1.165) is 0 Å². The van der Waals surface area contributed by atoms with Gasteiger partial charge in [-0.1, -0.05) is 42.5 Å². The van der Waals surface area contributed by atoms with Crippen LogP contribution in [0.25, 0.3) is 22.0 Å². The van der Waals surface area contributed by atoms with Crippen molar-refractivity contribution in [2.24, 2.45) is 0 Å². The van der Waals surface area contributed by atoms with E-state index in [4.69, 9.17) is 4.74 Å². The Morgan fingerprint density at radius 3 is 2.49 bits per heavy atom. The van der Waals surface area contributed by atoms with E-state index in [1.807, 2.05) is 0 Å². The molecular weight excluding hydrogens is 538 g/mol. The minimum Gasteiger partial charge on any atom is -0.476 e. The average Bonchev–Trinajstić information content (AvgIpc) is 3.32. The number of pyridine rings is 1. The molecule has 0 saturated carbocycles. The number of carbonyl (C=O) groups excluding carboxylic acids is 1. The molecule has 7 nitrogen and oxygen atoms in total. The lowest BCUT2D eigenvalue weighted by molar-refractivity contribution is -0.124. The second kappa shape index (κ2) is 13.2. The summed E-state index contributed by atoms with van der Waals surface area (Å²) in [4.78, 5) is 17.3. The van der Waals surface area contributed by atoms with Crippen molar-refractivity contribution in [2.75, 3.05) is 33.8 Å². The molecule has 11 heteroatoms. The molecule has 0 aliphatic carbocycles. The van der Waals surface area contributed by atoms with Crippen LogP contribution in [-0.2, 0) is 4.79 Å². The number of fused-ring (bicyclic) bond motifs is 1. The Bertz CT molecular complexity index is 1530. The van der Waals surface area contributed by atoms with E-state index < -0.39 is 18.5 Å². The van der Waals surface area contributed by atoms with Gasteiger partial charge in [-0.3, -0.25) is 9.89 Å². The number of amides is 1. The molecule has 4 rings (SSSR count). The first-order chi connectivity index (χ1) is 19.6. The summed E-state index contributed by atoms with van der Waals surface area (Å²) in [5.74, 6) is -0.489. The zero-order valence-electron chi connectivity index (χ0n) is 22.5. The van der Waals surface area contributed by atoms with Gasteiger partial charge >= 0.3 is 6.18 Å². The minimum absolute atomic E-state index is 0.0295. The van der Waals surface area contributed by atoms with Crippen LogP contribution >= 0.6 is 0 Å². The standard InChI is InChI=1S/C30H29F4N5O2/c1-39(2)27(40)9-6-14-35-15-16-41-26-13-11-22(19-36-26)28(21-10-12-25-23(17-21)29(31)38-37-25)24(18-30(32,33)34)20-7-4-3-5-8-20/h3-13,17,19,35H,14-16,18H2,1-2H3,(H,37,38)/b9-6+,28-24-. The molecule has 2 heterocycles. The van der Waals surface area contributed by atoms with Crippen LogP contribution in [0, 0.1) is 5.95 Å². The number of hydrogen-bond donors (Lipinski definition) is 2. The quantitative estimate of drug-likeness (QED) is 0.106. The number of ether oxygens (including phenoxy) is 1. The second-order valence-corrected chi connectivity index (χ2v) is 9.35. The van der Waals surface area contributed by atoms with E-state index in [2.05, 4.69) is 20.5 Å². The molecule has 0 saturated heterocycles. The summed E-state index contributed by atoms with van der Waals surface area (Å²) in [6, 6.07) is 16.2. The predicted molar refractivity (Wildman–Crippen MR) is 150 cm³/mol. The van der Waals surface area contributed by atoms with Crippen LogP contribution < -0.4 is 10.1 Å². The van der Waals surface area contributed by atoms with Crippen LogP contribution in [0.2, 0.25) is 0 Å². The van der Waals surface area contributed by atoms with Gasteiger partial charge in [-0.25, -0.2) is 4.98 Å². The van der Waals surface area contributed by atoms with Crippen molar-refractivity contribution in [3.05, 3.63) is 102 Å². The summed E-state index contributed by atoms with van der Waals surface area (Å²) < 4.78 is 61.6. The third-order valence-corrected chi connectivity index (χ3v) is 6.11. The molecule has 1 amide bonds. The van der Waals surface area contributed by atoms with E-state index in [1.165, 1.54) is 23.2 Å². The lowest BCUT2D eigenvalue weighted by atomic mass is 9.88. The molecule has 0 aliphatic rings. The number of hydrogen-bond acceptors (Lipinski definition) is 5. The Balaban J connectivity index is 1.61. The van der Waals surface area contributed by atoms with Crippen molar-refractivity contribution in [1.82, 2.24) is 25.4 Å². The Labute approximate surface area is 234 Å². The molecule has 0 bridgehead atoms. The highest BCUT2D eigenvalue weighted by atomic mass is 19.4. The number of halogens is 4. The SMILES string of the molecule is CN(C)C(=O)/C=C/CNCCOc1ccc(/C(=C(/CC(F)(F)F)c2ccccc2)c2ccc3n[nH]c(F)c3c2)cn1. The highest BCUT2D eigenvalue weighted by Crippen LogP contribution is 2.40. The van der Waals surface area contributed by atoms with Gasteiger partial charge in [0.1, 0.15) is 6.61 Å². The number of likely N-dealkylation sites (N-methyl/N-ethyl adjacent to an activating group) is 1.